The molecule has 0 aliphatic rings. The summed E-state index contributed by atoms with van der Waals surface area (Å²) in [7, 11) is 0. The number of hydrogen-bond donors (Lipinski definition) is 2. The van der Waals surface area contributed by atoms with E-state index in [9.17, 15) is 9.18 Å². The molecule has 0 radical (unpaired) electrons. The van der Waals surface area contributed by atoms with Crippen molar-refractivity contribution in [1.82, 2.24) is 20.2 Å². The van der Waals surface area contributed by atoms with Gasteiger partial charge in [-0.05, 0) is 47.0 Å². The molecule has 7 nitrogen and oxygen atoms in total. The number of hydrogen-bond acceptors (Lipinski definition) is 5. The van der Waals surface area contributed by atoms with Crippen molar-refractivity contribution < 1.29 is 9.18 Å². The predicted molar refractivity (Wildman–Crippen MR) is 80.8 cm³/mol. The minimum absolute atomic E-state index is 0.163. The molecule has 2 aromatic heterocycles. The molecule has 0 spiro atoms. The Morgan fingerprint density at radius 3 is 2.77 bits per heavy atom. The number of aryl methyl sites for hydroxylation is 1. The first-order valence-electron chi connectivity index (χ1n) is 6.28. The second-order valence-corrected chi connectivity index (χ2v) is 5.18. The maximum absolute atomic E-state index is 13.9. The van der Waals surface area contributed by atoms with E-state index >= 15 is 0 Å². The van der Waals surface area contributed by atoms with E-state index in [0.29, 0.717) is 17.2 Å². The smallest absolute Gasteiger partial charge is 0.308 e. The van der Waals surface area contributed by atoms with Crippen molar-refractivity contribution in [1.29, 1.82) is 0 Å². The summed E-state index contributed by atoms with van der Waals surface area (Å²) in [6.45, 7) is 1.66. The summed E-state index contributed by atoms with van der Waals surface area (Å²) in [5, 5.41) is 19.9. The number of aromatic nitrogens is 4. The fourth-order valence-electron chi connectivity index (χ4n) is 1.84. The molecule has 112 valence electrons. The van der Waals surface area contributed by atoms with E-state index < -0.39 is 11.8 Å². The first kappa shape index (κ1) is 14.1. The van der Waals surface area contributed by atoms with E-state index in [1.165, 1.54) is 34.2 Å². The van der Waals surface area contributed by atoms with Crippen LogP contribution in [0.4, 0.5) is 20.6 Å². The lowest BCUT2D eigenvalue weighted by molar-refractivity contribution is 0.262. The second kappa shape index (κ2) is 5.90. The SMILES string of the molecule is Cc1nnnn1-c1cc(NC(=O)Nc2ccsc2)ccc1F. The molecule has 0 saturated heterocycles. The standard InChI is InChI=1S/C13H11FN6OS/c1-8-17-18-19-20(8)12-6-9(2-3-11(12)14)15-13(21)16-10-4-5-22-7-10/h2-7H,1H3,(H2,15,16,21). The fourth-order valence-corrected chi connectivity index (χ4v) is 2.42. The molecule has 0 aliphatic heterocycles. The van der Waals surface area contributed by atoms with Gasteiger partial charge in [0, 0.05) is 11.1 Å². The van der Waals surface area contributed by atoms with Gasteiger partial charge in [0.2, 0.25) is 0 Å². The quantitative estimate of drug-likeness (QED) is 0.777. The molecule has 2 amide bonds. The van der Waals surface area contributed by atoms with Gasteiger partial charge in [0.15, 0.2) is 5.82 Å². The Hall–Kier alpha value is -2.81. The average Bonchev–Trinajstić information content (AvgIpc) is 3.13. The number of urea groups is 1. The third-order valence-corrected chi connectivity index (χ3v) is 3.52. The average molecular weight is 318 g/mol. The zero-order chi connectivity index (χ0) is 15.5. The number of anilines is 2. The van der Waals surface area contributed by atoms with Crippen LogP contribution in [0.1, 0.15) is 5.82 Å². The van der Waals surface area contributed by atoms with Gasteiger partial charge in [-0.15, -0.1) is 5.10 Å². The van der Waals surface area contributed by atoms with Gasteiger partial charge in [0.05, 0.1) is 5.69 Å². The molecule has 22 heavy (non-hydrogen) atoms. The zero-order valence-corrected chi connectivity index (χ0v) is 12.3. The second-order valence-electron chi connectivity index (χ2n) is 4.40. The molecule has 1 aromatic carbocycles. The number of nitrogens with one attached hydrogen (secondary N) is 2. The normalized spacial score (nSPS) is 10.5. The largest absolute Gasteiger partial charge is 0.323 e. The molecule has 0 bridgehead atoms. The molecule has 2 N–H and O–H groups in total. The van der Waals surface area contributed by atoms with Crippen molar-refractivity contribution in [2.24, 2.45) is 0 Å². The minimum atomic E-state index is -0.487. The molecule has 3 rings (SSSR count). The Bertz CT molecular complexity index is 801. The Morgan fingerprint density at radius 1 is 1.27 bits per heavy atom. The molecule has 0 saturated carbocycles. The number of halogens is 1. The summed E-state index contributed by atoms with van der Waals surface area (Å²) in [6.07, 6.45) is 0. The first-order valence-corrected chi connectivity index (χ1v) is 7.23. The molecule has 0 atom stereocenters. The molecular formula is C13H11FN6OS. The molecule has 2 heterocycles. The van der Waals surface area contributed by atoms with Crippen molar-refractivity contribution in [3.05, 3.63) is 46.7 Å². The Balaban J connectivity index is 1.80. The van der Waals surface area contributed by atoms with Gasteiger partial charge in [-0.1, -0.05) is 0 Å². The highest BCUT2D eigenvalue weighted by atomic mass is 32.1. The van der Waals surface area contributed by atoms with Gasteiger partial charge in [0.1, 0.15) is 11.5 Å². The lowest BCUT2D eigenvalue weighted by atomic mass is 10.2. The van der Waals surface area contributed by atoms with Crippen LogP contribution >= 0.6 is 11.3 Å². The summed E-state index contributed by atoms with van der Waals surface area (Å²) in [4.78, 5) is 11.9. The molecule has 9 heteroatoms. The molecular weight excluding hydrogens is 307 g/mol. The number of carbonyl (C=O) groups is 1. The molecule has 3 aromatic rings. The summed E-state index contributed by atoms with van der Waals surface area (Å²) >= 11 is 1.47. The summed E-state index contributed by atoms with van der Waals surface area (Å²) in [5.74, 6) is -0.0435. The Labute approximate surface area is 128 Å². The fraction of sp³-hybridized carbons (Fsp3) is 0.0769. The number of benzene rings is 1. The van der Waals surface area contributed by atoms with Crippen LogP contribution in [0.3, 0.4) is 0 Å². The van der Waals surface area contributed by atoms with Crippen LogP contribution in [-0.4, -0.2) is 26.2 Å². The van der Waals surface area contributed by atoms with Gasteiger partial charge in [-0.3, -0.25) is 0 Å². The van der Waals surface area contributed by atoms with Crippen molar-refractivity contribution in [2.75, 3.05) is 10.6 Å². The van der Waals surface area contributed by atoms with Gasteiger partial charge < -0.3 is 10.6 Å². The van der Waals surface area contributed by atoms with Gasteiger partial charge in [-0.25, -0.2) is 9.18 Å². The monoisotopic (exact) mass is 318 g/mol. The van der Waals surface area contributed by atoms with Gasteiger partial charge in [0.25, 0.3) is 0 Å². The number of nitrogens with zero attached hydrogens (tertiary/aromatic N) is 4. The van der Waals surface area contributed by atoms with Crippen molar-refractivity contribution in [2.45, 2.75) is 6.92 Å². The number of amides is 2. The van der Waals surface area contributed by atoms with Crippen molar-refractivity contribution >= 4 is 28.7 Å². The lowest BCUT2D eigenvalue weighted by Crippen LogP contribution is -2.19. The van der Waals surface area contributed by atoms with E-state index in [-0.39, 0.29) is 5.69 Å². The van der Waals surface area contributed by atoms with Crippen LogP contribution in [0.25, 0.3) is 5.69 Å². The zero-order valence-electron chi connectivity index (χ0n) is 11.4. The predicted octanol–water partition coefficient (Wildman–Crippen LogP) is 2.82. The van der Waals surface area contributed by atoms with Crippen LogP contribution < -0.4 is 10.6 Å². The van der Waals surface area contributed by atoms with Gasteiger partial charge >= 0.3 is 6.03 Å². The Morgan fingerprint density at radius 2 is 2.09 bits per heavy atom. The molecule has 0 unspecified atom stereocenters. The highest BCUT2D eigenvalue weighted by Crippen LogP contribution is 2.19. The van der Waals surface area contributed by atoms with Crippen molar-refractivity contribution in [3.63, 3.8) is 0 Å². The van der Waals surface area contributed by atoms with E-state index in [1.54, 1.807) is 18.4 Å². The van der Waals surface area contributed by atoms with E-state index in [0.717, 1.165) is 0 Å². The summed E-state index contributed by atoms with van der Waals surface area (Å²) in [6, 6.07) is 5.54. The number of tetrazole rings is 1. The van der Waals surface area contributed by atoms with Crippen molar-refractivity contribution in [3.8, 4) is 5.69 Å². The summed E-state index contributed by atoms with van der Waals surface area (Å²) < 4.78 is 15.2. The molecule has 0 aliphatic carbocycles. The maximum Gasteiger partial charge on any atom is 0.323 e. The van der Waals surface area contributed by atoms with Crippen LogP contribution in [0.2, 0.25) is 0 Å². The van der Waals surface area contributed by atoms with Crippen LogP contribution in [0.15, 0.2) is 35.0 Å². The maximum atomic E-state index is 13.9. The van der Waals surface area contributed by atoms with Crippen LogP contribution in [0, 0.1) is 12.7 Å². The third kappa shape index (κ3) is 2.93. The van der Waals surface area contributed by atoms with E-state index in [2.05, 4.69) is 26.2 Å². The minimum Gasteiger partial charge on any atom is -0.308 e. The summed E-state index contributed by atoms with van der Waals surface area (Å²) in [5.41, 5.74) is 1.29. The molecule has 0 fully saturated rings. The van der Waals surface area contributed by atoms with Gasteiger partial charge in [-0.2, -0.15) is 16.0 Å². The van der Waals surface area contributed by atoms with E-state index in [4.69, 9.17) is 0 Å². The number of thiophene rings is 1. The number of rotatable bonds is 3. The van der Waals surface area contributed by atoms with E-state index in [1.807, 2.05) is 5.38 Å². The number of carbonyl (C=O) groups excluding carboxylic acids is 1. The highest BCUT2D eigenvalue weighted by Gasteiger charge is 2.11. The third-order valence-electron chi connectivity index (χ3n) is 2.84. The topological polar surface area (TPSA) is 84.7 Å². The van der Waals surface area contributed by atoms with Crippen LogP contribution in [0.5, 0.6) is 0 Å². The first-order chi connectivity index (χ1) is 10.6. The highest BCUT2D eigenvalue weighted by molar-refractivity contribution is 7.08. The van der Waals surface area contributed by atoms with Crippen LogP contribution in [-0.2, 0) is 0 Å². The Kier molecular flexibility index (Phi) is 3.79. The lowest BCUT2D eigenvalue weighted by Gasteiger charge is -2.09.